The Balaban J connectivity index is 1.70. The van der Waals surface area contributed by atoms with Gasteiger partial charge in [-0.3, -0.25) is 10.3 Å². The van der Waals surface area contributed by atoms with Crippen molar-refractivity contribution in [3.63, 3.8) is 0 Å². The highest BCUT2D eigenvalue weighted by atomic mass is 32.2. The third-order valence-electron chi connectivity index (χ3n) is 5.22. The van der Waals surface area contributed by atoms with E-state index < -0.39 is 9.84 Å². The summed E-state index contributed by atoms with van der Waals surface area (Å²) in [7, 11) is -3.32. The Morgan fingerprint density at radius 1 is 1.17 bits per heavy atom. The smallest absolute Gasteiger partial charge is 0.209 e. The number of nitriles is 1. The number of benzene rings is 1. The van der Waals surface area contributed by atoms with Crippen molar-refractivity contribution in [1.29, 1.82) is 5.26 Å². The third kappa shape index (κ3) is 5.33. The van der Waals surface area contributed by atoms with E-state index in [2.05, 4.69) is 20.6 Å². The molecule has 152 valence electrons. The van der Waals surface area contributed by atoms with Gasteiger partial charge in [-0.15, -0.1) is 0 Å². The molecule has 8 heteroatoms. The predicted molar refractivity (Wildman–Crippen MR) is 113 cm³/mol. The van der Waals surface area contributed by atoms with Crippen LogP contribution in [0.4, 0.5) is 5.69 Å². The zero-order valence-electron chi connectivity index (χ0n) is 16.4. The van der Waals surface area contributed by atoms with Crippen molar-refractivity contribution < 1.29 is 8.42 Å². The first-order valence-electron chi connectivity index (χ1n) is 9.70. The number of guanidine groups is 1. The molecular formula is C21H25N5O2S. The lowest BCUT2D eigenvalue weighted by Crippen LogP contribution is -2.31. The molecule has 2 unspecified atom stereocenters. The van der Waals surface area contributed by atoms with Gasteiger partial charge in [0.15, 0.2) is 16.0 Å². The molecule has 1 aromatic carbocycles. The molecule has 1 heterocycles. The van der Waals surface area contributed by atoms with Crippen LogP contribution in [0.15, 0.2) is 58.7 Å². The van der Waals surface area contributed by atoms with Gasteiger partial charge in [-0.1, -0.05) is 31.9 Å². The van der Waals surface area contributed by atoms with Crippen LogP contribution in [0.5, 0.6) is 0 Å². The molecule has 2 N–H and O–H groups in total. The summed E-state index contributed by atoms with van der Waals surface area (Å²) in [5, 5.41) is 14.2. The molecule has 0 radical (unpaired) electrons. The van der Waals surface area contributed by atoms with Crippen molar-refractivity contribution in [2.24, 2.45) is 10.9 Å². The maximum absolute atomic E-state index is 13.0. The fourth-order valence-corrected chi connectivity index (χ4v) is 5.70. The van der Waals surface area contributed by atoms with Gasteiger partial charge in [-0.25, -0.2) is 13.4 Å². The van der Waals surface area contributed by atoms with Crippen molar-refractivity contribution >= 4 is 21.5 Å². The number of aromatic nitrogens is 1. The van der Waals surface area contributed by atoms with Gasteiger partial charge in [0.1, 0.15) is 0 Å². The molecule has 0 bridgehead atoms. The largest absolute Gasteiger partial charge is 0.325 e. The number of pyridine rings is 1. The second-order valence-corrected chi connectivity index (χ2v) is 9.42. The number of hydrogen-bond acceptors (Lipinski definition) is 5. The molecule has 0 aliphatic heterocycles. The monoisotopic (exact) mass is 411 g/mol. The molecule has 2 aromatic rings. The van der Waals surface area contributed by atoms with E-state index in [1.54, 1.807) is 48.8 Å². The molecule has 29 heavy (non-hydrogen) atoms. The van der Waals surface area contributed by atoms with E-state index in [1.165, 1.54) is 0 Å². The molecule has 0 amide bonds. The van der Waals surface area contributed by atoms with Crippen LogP contribution >= 0.6 is 0 Å². The number of rotatable bonds is 5. The quantitative estimate of drug-likeness (QED) is 0.338. The van der Waals surface area contributed by atoms with Crippen LogP contribution in [0.1, 0.15) is 38.2 Å². The maximum atomic E-state index is 13.0. The van der Waals surface area contributed by atoms with E-state index in [0.717, 1.165) is 36.9 Å². The summed E-state index contributed by atoms with van der Waals surface area (Å²) in [4.78, 5) is 8.69. The SMILES string of the molecule is CC1CCCCC1S(=O)(=O)c1ccc(CN=C(NC#N)Nc2ccncc2)cc1. The van der Waals surface area contributed by atoms with Gasteiger partial charge in [-0.05, 0) is 48.6 Å². The van der Waals surface area contributed by atoms with Gasteiger partial charge >= 0.3 is 0 Å². The summed E-state index contributed by atoms with van der Waals surface area (Å²) in [6.07, 6.45) is 8.91. The average molecular weight is 412 g/mol. The summed E-state index contributed by atoms with van der Waals surface area (Å²) in [6, 6.07) is 10.4. The van der Waals surface area contributed by atoms with Crippen LogP contribution in [-0.2, 0) is 16.4 Å². The van der Waals surface area contributed by atoms with Crippen LogP contribution in [0.3, 0.4) is 0 Å². The lowest BCUT2D eigenvalue weighted by Gasteiger charge is -2.28. The first-order chi connectivity index (χ1) is 14.0. The molecule has 1 saturated carbocycles. The number of sulfone groups is 1. The van der Waals surface area contributed by atoms with Gasteiger partial charge in [0, 0.05) is 18.1 Å². The molecule has 1 fully saturated rings. The molecule has 3 rings (SSSR count). The topological polar surface area (TPSA) is 107 Å². The number of aliphatic imine (C=N–C) groups is 1. The van der Waals surface area contributed by atoms with Crippen molar-refractivity contribution in [1.82, 2.24) is 10.3 Å². The summed E-state index contributed by atoms with van der Waals surface area (Å²) < 4.78 is 25.9. The number of hydrogen-bond donors (Lipinski definition) is 2. The average Bonchev–Trinajstić information content (AvgIpc) is 2.73. The highest BCUT2D eigenvalue weighted by Gasteiger charge is 2.33. The minimum atomic E-state index is -3.32. The Bertz CT molecular complexity index is 982. The van der Waals surface area contributed by atoms with E-state index in [1.807, 2.05) is 13.1 Å². The second-order valence-electron chi connectivity index (χ2n) is 7.25. The van der Waals surface area contributed by atoms with Crippen LogP contribution in [-0.4, -0.2) is 24.6 Å². The zero-order valence-corrected chi connectivity index (χ0v) is 17.2. The minimum Gasteiger partial charge on any atom is -0.325 e. The summed E-state index contributed by atoms with van der Waals surface area (Å²) in [6.45, 7) is 2.34. The molecule has 7 nitrogen and oxygen atoms in total. The number of nitrogens with zero attached hydrogens (tertiary/aromatic N) is 3. The first kappa shape index (κ1) is 20.8. The summed E-state index contributed by atoms with van der Waals surface area (Å²) >= 11 is 0. The van der Waals surface area contributed by atoms with Crippen LogP contribution in [0.25, 0.3) is 0 Å². The Morgan fingerprint density at radius 3 is 2.52 bits per heavy atom. The van der Waals surface area contributed by atoms with E-state index in [9.17, 15) is 8.42 Å². The molecule has 0 spiro atoms. The summed E-state index contributed by atoms with van der Waals surface area (Å²) in [5.41, 5.74) is 1.61. The lowest BCUT2D eigenvalue weighted by molar-refractivity contribution is 0.381. The third-order valence-corrected chi connectivity index (χ3v) is 7.65. The minimum absolute atomic E-state index is 0.192. The number of nitrogens with one attached hydrogen (secondary N) is 2. The van der Waals surface area contributed by atoms with Crippen LogP contribution < -0.4 is 10.6 Å². The van der Waals surface area contributed by atoms with Crippen molar-refractivity contribution in [3.05, 3.63) is 54.4 Å². The molecule has 1 aromatic heterocycles. The van der Waals surface area contributed by atoms with Crippen molar-refractivity contribution in [3.8, 4) is 6.19 Å². The number of anilines is 1. The Morgan fingerprint density at radius 2 is 1.86 bits per heavy atom. The zero-order chi connectivity index (χ0) is 20.7. The maximum Gasteiger partial charge on any atom is 0.209 e. The Kier molecular flexibility index (Phi) is 6.83. The fraction of sp³-hybridized carbons (Fsp3) is 0.381. The van der Waals surface area contributed by atoms with Gasteiger partial charge < -0.3 is 5.32 Å². The van der Waals surface area contributed by atoms with E-state index in [0.29, 0.717) is 17.4 Å². The molecule has 1 aliphatic carbocycles. The van der Waals surface area contributed by atoms with Gasteiger partial charge in [-0.2, -0.15) is 5.26 Å². The fourth-order valence-electron chi connectivity index (χ4n) is 3.61. The van der Waals surface area contributed by atoms with Crippen molar-refractivity contribution in [2.45, 2.75) is 49.3 Å². The van der Waals surface area contributed by atoms with E-state index >= 15 is 0 Å². The van der Waals surface area contributed by atoms with E-state index in [-0.39, 0.29) is 11.2 Å². The first-order valence-corrected chi connectivity index (χ1v) is 11.2. The second kappa shape index (κ2) is 9.52. The van der Waals surface area contributed by atoms with Crippen LogP contribution in [0, 0.1) is 17.4 Å². The van der Waals surface area contributed by atoms with E-state index in [4.69, 9.17) is 5.26 Å². The van der Waals surface area contributed by atoms with Crippen LogP contribution in [0.2, 0.25) is 0 Å². The Hall–Kier alpha value is -2.92. The normalized spacial score (nSPS) is 19.9. The van der Waals surface area contributed by atoms with Gasteiger partial charge in [0.05, 0.1) is 16.7 Å². The highest BCUT2D eigenvalue weighted by molar-refractivity contribution is 7.92. The van der Waals surface area contributed by atoms with Gasteiger partial charge in [0.25, 0.3) is 0 Å². The van der Waals surface area contributed by atoms with Gasteiger partial charge in [0.2, 0.25) is 5.96 Å². The molecule has 0 saturated heterocycles. The molecule has 2 atom stereocenters. The Labute approximate surface area is 171 Å². The predicted octanol–water partition coefficient (Wildman–Crippen LogP) is 3.47. The summed E-state index contributed by atoms with van der Waals surface area (Å²) in [5.74, 6) is 0.503. The highest BCUT2D eigenvalue weighted by Crippen LogP contribution is 2.32. The molecule has 1 aliphatic rings. The van der Waals surface area contributed by atoms with Crippen molar-refractivity contribution in [2.75, 3.05) is 5.32 Å². The standard InChI is InChI=1S/C21H25N5O2S/c1-16-4-2-3-5-20(16)29(27,28)19-8-6-17(7-9-19)14-24-21(25-15-22)26-18-10-12-23-13-11-18/h6-13,16,20H,2-5,14H2,1H3,(H2,23,24,25,26). The molecular weight excluding hydrogens is 386 g/mol. The lowest BCUT2D eigenvalue weighted by atomic mass is 9.90.